The molecule has 0 radical (unpaired) electrons. The second-order valence-electron chi connectivity index (χ2n) is 4.46. The average Bonchev–Trinajstić information content (AvgIpc) is 2.27. The smallest absolute Gasteiger partial charge is 0.366 e. The van der Waals surface area contributed by atoms with Gasteiger partial charge >= 0.3 is 5.97 Å². The van der Waals surface area contributed by atoms with E-state index in [4.69, 9.17) is 15.3 Å². The van der Waals surface area contributed by atoms with Gasteiger partial charge in [0.1, 0.15) is 6.10 Å². The fourth-order valence-electron chi connectivity index (χ4n) is 1.64. The number of hydrogen-bond acceptors (Lipinski definition) is 4. The fraction of sp³-hybridized carbons (Fsp3) is 0.917. The number of unbranched alkanes of at least 4 members (excludes halogenated alkanes) is 6. The Kier molecular flexibility index (Phi) is 8.12. The Morgan fingerprint density at radius 3 is 2.00 bits per heavy atom. The highest BCUT2D eigenvalue weighted by Gasteiger charge is 2.41. The zero-order chi connectivity index (χ0) is 13.3. The Morgan fingerprint density at radius 1 is 1.06 bits per heavy atom. The van der Waals surface area contributed by atoms with Crippen molar-refractivity contribution in [3.63, 3.8) is 0 Å². The zero-order valence-electron chi connectivity index (χ0n) is 10.4. The van der Waals surface area contributed by atoms with Crippen molar-refractivity contribution in [2.24, 2.45) is 0 Å². The van der Waals surface area contributed by atoms with Gasteiger partial charge in [-0.3, -0.25) is 0 Å². The van der Waals surface area contributed by atoms with Gasteiger partial charge < -0.3 is 20.4 Å². The van der Waals surface area contributed by atoms with Crippen LogP contribution in [0.1, 0.15) is 58.3 Å². The van der Waals surface area contributed by atoms with Gasteiger partial charge in [0.15, 0.2) is 0 Å². The van der Waals surface area contributed by atoms with Gasteiger partial charge in [0.25, 0.3) is 5.79 Å². The van der Waals surface area contributed by atoms with Crippen LogP contribution in [0.25, 0.3) is 0 Å². The van der Waals surface area contributed by atoms with E-state index in [-0.39, 0.29) is 6.42 Å². The van der Waals surface area contributed by atoms with Crippen LogP contribution in [-0.4, -0.2) is 38.3 Å². The molecule has 0 fully saturated rings. The van der Waals surface area contributed by atoms with E-state index in [1.807, 2.05) is 0 Å². The molecule has 0 amide bonds. The third-order valence-electron chi connectivity index (χ3n) is 2.86. The summed E-state index contributed by atoms with van der Waals surface area (Å²) in [6.07, 6.45) is 5.70. The number of aliphatic carboxylic acids is 1. The van der Waals surface area contributed by atoms with E-state index in [1.165, 1.54) is 19.3 Å². The van der Waals surface area contributed by atoms with Gasteiger partial charge in [0, 0.05) is 0 Å². The van der Waals surface area contributed by atoms with Crippen molar-refractivity contribution in [1.82, 2.24) is 0 Å². The van der Waals surface area contributed by atoms with Gasteiger partial charge in [0.2, 0.25) is 0 Å². The maximum Gasteiger partial charge on any atom is 0.366 e. The van der Waals surface area contributed by atoms with Crippen molar-refractivity contribution in [2.75, 3.05) is 0 Å². The van der Waals surface area contributed by atoms with E-state index < -0.39 is 17.9 Å². The van der Waals surface area contributed by atoms with Gasteiger partial charge in [-0.2, -0.15) is 0 Å². The Labute approximate surface area is 102 Å². The molecule has 0 aliphatic carbocycles. The monoisotopic (exact) mass is 248 g/mol. The molecule has 0 aromatic carbocycles. The van der Waals surface area contributed by atoms with Gasteiger partial charge in [-0.25, -0.2) is 4.79 Å². The van der Waals surface area contributed by atoms with Gasteiger partial charge in [0.05, 0.1) is 0 Å². The predicted molar refractivity (Wildman–Crippen MR) is 63.4 cm³/mol. The van der Waals surface area contributed by atoms with Crippen LogP contribution in [0, 0.1) is 0 Å². The van der Waals surface area contributed by atoms with Gasteiger partial charge in [-0.05, 0) is 6.42 Å². The van der Waals surface area contributed by atoms with Gasteiger partial charge in [-0.1, -0.05) is 51.9 Å². The van der Waals surface area contributed by atoms with Crippen LogP contribution in [0.5, 0.6) is 0 Å². The van der Waals surface area contributed by atoms with E-state index in [0.29, 0.717) is 6.42 Å². The standard InChI is InChI=1S/C12H24O5/c1-2-3-4-5-6-7-8-9-10(13)12(16,17)11(14)15/h10,13,16-17H,2-9H2,1H3,(H,14,15). The lowest BCUT2D eigenvalue weighted by atomic mass is 10.0. The maximum absolute atomic E-state index is 10.4. The van der Waals surface area contributed by atoms with E-state index in [9.17, 15) is 9.90 Å². The molecule has 0 saturated heterocycles. The Bertz CT molecular complexity index is 215. The number of rotatable bonds is 10. The van der Waals surface area contributed by atoms with Crippen molar-refractivity contribution < 1.29 is 25.2 Å². The summed E-state index contributed by atoms with van der Waals surface area (Å²) in [7, 11) is 0. The van der Waals surface area contributed by atoms with Crippen LogP contribution in [-0.2, 0) is 4.79 Å². The number of carboxylic acids is 1. The Balaban J connectivity index is 3.58. The molecule has 0 spiro atoms. The van der Waals surface area contributed by atoms with E-state index >= 15 is 0 Å². The number of carbonyl (C=O) groups is 1. The molecular formula is C12H24O5. The first-order valence-electron chi connectivity index (χ1n) is 6.29. The number of aliphatic hydroxyl groups is 3. The Hall–Kier alpha value is -0.650. The fourth-order valence-corrected chi connectivity index (χ4v) is 1.64. The zero-order valence-corrected chi connectivity index (χ0v) is 10.4. The molecule has 5 nitrogen and oxygen atoms in total. The van der Waals surface area contributed by atoms with Crippen molar-refractivity contribution in [3.8, 4) is 0 Å². The maximum atomic E-state index is 10.4. The number of hydrogen-bond donors (Lipinski definition) is 4. The molecule has 0 rings (SSSR count). The molecule has 1 atom stereocenters. The summed E-state index contributed by atoms with van der Waals surface area (Å²) in [5.74, 6) is -4.84. The minimum Gasteiger partial charge on any atom is -0.477 e. The van der Waals surface area contributed by atoms with Crippen molar-refractivity contribution in [1.29, 1.82) is 0 Å². The number of aliphatic hydroxyl groups excluding tert-OH is 1. The minimum atomic E-state index is -3.03. The van der Waals surface area contributed by atoms with Crippen LogP contribution < -0.4 is 0 Å². The van der Waals surface area contributed by atoms with Crippen LogP contribution in [0.3, 0.4) is 0 Å². The SMILES string of the molecule is CCCCCCCCCC(O)C(O)(O)C(=O)O. The highest BCUT2D eigenvalue weighted by molar-refractivity contribution is 5.75. The van der Waals surface area contributed by atoms with Crippen molar-refractivity contribution in [2.45, 2.75) is 70.2 Å². The molecule has 0 aliphatic heterocycles. The molecule has 102 valence electrons. The largest absolute Gasteiger partial charge is 0.477 e. The van der Waals surface area contributed by atoms with E-state index in [2.05, 4.69) is 6.92 Å². The molecule has 0 heterocycles. The highest BCUT2D eigenvalue weighted by atomic mass is 16.6. The molecule has 0 aliphatic rings. The van der Waals surface area contributed by atoms with Crippen LogP contribution in [0.2, 0.25) is 0 Å². The minimum absolute atomic E-state index is 0.0904. The summed E-state index contributed by atoms with van der Waals surface area (Å²) >= 11 is 0. The highest BCUT2D eigenvalue weighted by Crippen LogP contribution is 2.15. The summed E-state index contributed by atoms with van der Waals surface area (Å²) in [5.41, 5.74) is 0. The van der Waals surface area contributed by atoms with E-state index in [1.54, 1.807) is 0 Å². The average molecular weight is 248 g/mol. The third kappa shape index (κ3) is 6.61. The Morgan fingerprint density at radius 2 is 1.53 bits per heavy atom. The molecule has 0 aromatic rings. The lowest BCUT2D eigenvalue weighted by Crippen LogP contribution is -2.49. The molecular weight excluding hydrogens is 224 g/mol. The first-order valence-corrected chi connectivity index (χ1v) is 6.29. The molecule has 0 bridgehead atoms. The summed E-state index contributed by atoms with van der Waals surface area (Å²) < 4.78 is 0. The van der Waals surface area contributed by atoms with Gasteiger partial charge in [-0.15, -0.1) is 0 Å². The molecule has 4 N–H and O–H groups in total. The summed E-state index contributed by atoms with van der Waals surface area (Å²) in [6, 6.07) is 0. The third-order valence-corrected chi connectivity index (χ3v) is 2.86. The molecule has 5 heteroatoms. The summed E-state index contributed by atoms with van der Waals surface area (Å²) in [6.45, 7) is 2.14. The van der Waals surface area contributed by atoms with E-state index in [0.717, 1.165) is 19.3 Å². The summed E-state index contributed by atoms with van der Waals surface area (Å²) in [5, 5.41) is 35.8. The van der Waals surface area contributed by atoms with Crippen LogP contribution in [0.4, 0.5) is 0 Å². The van der Waals surface area contributed by atoms with Crippen molar-refractivity contribution >= 4 is 5.97 Å². The van der Waals surface area contributed by atoms with Crippen LogP contribution in [0.15, 0.2) is 0 Å². The van der Waals surface area contributed by atoms with Crippen LogP contribution >= 0.6 is 0 Å². The predicted octanol–water partition coefficient (Wildman–Crippen LogP) is 1.25. The second-order valence-corrected chi connectivity index (χ2v) is 4.46. The first kappa shape index (κ1) is 16.4. The molecule has 1 unspecified atom stereocenters. The molecule has 0 aromatic heterocycles. The molecule has 0 saturated carbocycles. The number of carboxylic acid groups (broad SMARTS) is 1. The van der Waals surface area contributed by atoms with Crippen molar-refractivity contribution in [3.05, 3.63) is 0 Å². The second kappa shape index (κ2) is 8.44. The normalized spacial score (nSPS) is 13.6. The quantitative estimate of drug-likeness (QED) is 0.344. The topological polar surface area (TPSA) is 98.0 Å². The lowest BCUT2D eigenvalue weighted by molar-refractivity contribution is -0.237. The molecule has 17 heavy (non-hydrogen) atoms. The first-order chi connectivity index (χ1) is 7.92. The summed E-state index contributed by atoms with van der Waals surface area (Å²) in [4.78, 5) is 10.4. The lowest BCUT2D eigenvalue weighted by Gasteiger charge is -2.22.